The van der Waals surface area contributed by atoms with Gasteiger partial charge in [0.1, 0.15) is 11.4 Å². The number of halogens is 1. The molecule has 0 aromatic carbocycles. The molecule has 94 valence electrons. The minimum absolute atomic E-state index is 0.432. The molecule has 8 heteroatoms. The first-order valence-electron chi connectivity index (χ1n) is 4.90. The van der Waals surface area contributed by atoms with Crippen LogP contribution in [-0.2, 0) is 0 Å². The molecule has 0 amide bonds. The highest BCUT2D eigenvalue weighted by Crippen LogP contribution is 2.37. The molecule has 2 rings (SSSR count). The van der Waals surface area contributed by atoms with Gasteiger partial charge in [0.05, 0.1) is 11.6 Å². The molecule has 0 bridgehead atoms. The van der Waals surface area contributed by atoms with Crippen molar-refractivity contribution in [2.75, 3.05) is 12.5 Å². The summed E-state index contributed by atoms with van der Waals surface area (Å²) >= 11 is 4.79. The van der Waals surface area contributed by atoms with Crippen molar-refractivity contribution in [1.29, 1.82) is 0 Å². The fourth-order valence-electron chi connectivity index (χ4n) is 1.25. The van der Waals surface area contributed by atoms with Crippen LogP contribution >= 0.6 is 27.7 Å². The van der Waals surface area contributed by atoms with E-state index in [9.17, 15) is 0 Å². The summed E-state index contributed by atoms with van der Waals surface area (Å²) in [6.07, 6.45) is 3.12. The quantitative estimate of drug-likeness (QED) is 0.505. The number of aromatic nitrogens is 3. The monoisotopic (exact) mass is 327 g/mol. The third kappa shape index (κ3) is 2.71. The van der Waals surface area contributed by atoms with Crippen molar-refractivity contribution in [3.63, 3.8) is 0 Å². The molecule has 0 atom stereocenters. The SMILES string of the molecule is COc1c(NN)ncnc1Sc1ncccc1Br. The number of pyridine rings is 1. The van der Waals surface area contributed by atoms with Crippen LogP contribution in [0.5, 0.6) is 5.75 Å². The molecule has 18 heavy (non-hydrogen) atoms. The summed E-state index contributed by atoms with van der Waals surface area (Å²) in [5.74, 6) is 6.28. The molecule has 2 aromatic heterocycles. The molecule has 0 saturated heterocycles. The highest BCUT2D eigenvalue weighted by Gasteiger charge is 2.14. The van der Waals surface area contributed by atoms with Crippen molar-refractivity contribution >= 4 is 33.5 Å². The lowest BCUT2D eigenvalue weighted by atomic mass is 10.5. The highest BCUT2D eigenvalue weighted by molar-refractivity contribution is 9.10. The van der Waals surface area contributed by atoms with Crippen LogP contribution in [0.3, 0.4) is 0 Å². The Morgan fingerprint density at radius 2 is 2.17 bits per heavy atom. The number of hydrogen-bond donors (Lipinski definition) is 2. The minimum atomic E-state index is 0.432. The van der Waals surface area contributed by atoms with Crippen molar-refractivity contribution in [1.82, 2.24) is 15.0 Å². The number of nitrogens with zero attached hydrogens (tertiary/aromatic N) is 3. The van der Waals surface area contributed by atoms with Gasteiger partial charge < -0.3 is 10.2 Å². The molecule has 2 heterocycles. The van der Waals surface area contributed by atoms with Crippen LogP contribution in [0.25, 0.3) is 0 Å². The third-order valence-electron chi connectivity index (χ3n) is 2.03. The Kier molecular flexibility index (Phi) is 4.34. The van der Waals surface area contributed by atoms with Crippen LogP contribution in [-0.4, -0.2) is 22.1 Å². The zero-order valence-corrected chi connectivity index (χ0v) is 11.8. The van der Waals surface area contributed by atoms with Gasteiger partial charge >= 0.3 is 0 Å². The maximum Gasteiger partial charge on any atom is 0.195 e. The van der Waals surface area contributed by atoms with Crippen molar-refractivity contribution in [2.24, 2.45) is 5.84 Å². The molecule has 0 saturated carbocycles. The maximum absolute atomic E-state index is 5.36. The summed E-state index contributed by atoms with van der Waals surface area (Å²) in [5, 5.41) is 1.43. The van der Waals surface area contributed by atoms with Crippen LogP contribution in [0.2, 0.25) is 0 Å². The smallest absolute Gasteiger partial charge is 0.195 e. The van der Waals surface area contributed by atoms with Gasteiger partial charge in [-0.3, -0.25) is 0 Å². The van der Waals surface area contributed by atoms with Crippen LogP contribution in [0.15, 0.2) is 39.2 Å². The molecule has 0 radical (unpaired) electrons. The summed E-state index contributed by atoms with van der Waals surface area (Å²) in [7, 11) is 1.54. The number of hydrazine groups is 1. The Balaban J connectivity index is 2.37. The van der Waals surface area contributed by atoms with E-state index < -0.39 is 0 Å². The van der Waals surface area contributed by atoms with Gasteiger partial charge in [-0.05, 0) is 39.8 Å². The third-order valence-corrected chi connectivity index (χ3v) is 3.94. The molecule has 0 fully saturated rings. The van der Waals surface area contributed by atoms with E-state index in [2.05, 4.69) is 36.3 Å². The second-order valence-electron chi connectivity index (χ2n) is 3.10. The summed E-state index contributed by atoms with van der Waals surface area (Å²) in [4.78, 5) is 12.4. The number of hydrogen-bond acceptors (Lipinski definition) is 7. The molecule has 3 N–H and O–H groups in total. The first kappa shape index (κ1) is 13.1. The second kappa shape index (κ2) is 5.98. The van der Waals surface area contributed by atoms with E-state index in [1.807, 2.05) is 12.1 Å². The van der Waals surface area contributed by atoms with Gasteiger partial charge in [0, 0.05) is 6.20 Å². The lowest BCUT2D eigenvalue weighted by molar-refractivity contribution is 0.400. The molecule has 0 aliphatic carbocycles. The largest absolute Gasteiger partial charge is 0.490 e. The van der Waals surface area contributed by atoms with Gasteiger partial charge in [-0.1, -0.05) is 0 Å². The number of ether oxygens (including phenoxy) is 1. The van der Waals surface area contributed by atoms with Crippen molar-refractivity contribution in [2.45, 2.75) is 10.1 Å². The molecule has 6 nitrogen and oxygen atoms in total. The Bertz CT molecular complexity index is 554. The average Bonchev–Trinajstić information content (AvgIpc) is 2.41. The normalized spacial score (nSPS) is 10.2. The maximum atomic E-state index is 5.36. The van der Waals surface area contributed by atoms with Crippen molar-refractivity contribution < 1.29 is 4.74 Å². The van der Waals surface area contributed by atoms with E-state index in [0.717, 1.165) is 9.50 Å². The number of nitrogens with two attached hydrogens (primary N) is 1. The fraction of sp³-hybridized carbons (Fsp3) is 0.100. The number of rotatable bonds is 4. The Morgan fingerprint density at radius 3 is 2.83 bits per heavy atom. The topological polar surface area (TPSA) is 86.0 Å². The average molecular weight is 328 g/mol. The van der Waals surface area contributed by atoms with Crippen LogP contribution in [0.1, 0.15) is 0 Å². The van der Waals surface area contributed by atoms with Crippen LogP contribution in [0, 0.1) is 0 Å². The molecule has 0 aliphatic rings. The first-order valence-corrected chi connectivity index (χ1v) is 6.51. The Labute approximate surface area is 116 Å². The Hall–Kier alpha value is -1.38. The van der Waals surface area contributed by atoms with E-state index in [0.29, 0.717) is 16.6 Å². The number of nitrogen functional groups attached to an aromatic ring is 1. The van der Waals surface area contributed by atoms with Crippen LogP contribution < -0.4 is 16.0 Å². The molecule has 0 aliphatic heterocycles. The molecule has 0 unspecified atom stereocenters. The van der Waals surface area contributed by atoms with Gasteiger partial charge in [0.15, 0.2) is 16.6 Å². The zero-order chi connectivity index (χ0) is 13.0. The first-order chi connectivity index (χ1) is 8.76. The molecular weight excluding hydrogens is 318 g/mol. The summed E-state index contributed by atoms with van der Waals surface area (Å²) in [6, 6.07) is 3.75. The lowest BCUT2D eigenvalue weighted by Gasteiger charge is -2.10. The van der Waals surface area contributed by atoms with Crippen LogP contribution in [0.4, 0.5) is 5.82 Å². The lowest BCUT2D eigenvalue weighted by Crippen LogP contribution is -2.10. The summed E-state index contributed by atoms with van der Waals surface area (Å²) < 4.78 is 6.13. The predicted molar refractivity (Wildman–Crippen MR) is 72.5 cm³/mol. The van der Waals surface area contributed by atoms with Crippen molar-refractivity contribution in [3.05, 3.63) is 29.1 Å². The Morgan fingerprint density at radius 1 is 1.33 bits per heavy atom. The van der Waals surface area contributed by atoms with E-state index in [4.69, 9.17) is 10.6 Å². The minimum Gasteiger partial charge on any atom is -0.490 e. The highest BCUT2D eigenvalue weighted by atomic mass is 79.9. The molecular formula is C10H10BrN5OS. The van der Waals surface area contributed by atoms with Gasteiger partial charge in [-0.15, -0.1) is 0 Å². The summed E-state index contributed by atoms with van der Waals surface area (Å²) in [5.41, 5.74) is 2.47. The van der Waals surface area contributed by atoms with E-state index in [1.165, 1.54) is 25.2 Å². The summed E-state index contributed by atoms with van der Waals surface area (Å²) in [6.45, 7) is 0. The van der Waals surface area contributed by atoms with Gasteiger partial charge in [0.2, 0.25) is 0 Å². The van der Waals surface area contributed by atoms with Gasteiger partial charge in [-0.2, -0.15) is 0 Å². The zero-order valence-electron chi connectivity index (χ0n) is 9.42. The van der Waals surface area contributed by atoms with E-state index >= 15 is 0 Å². The predicted octanol–water partition coefficient (Wildman–Crippen LogP) is 2.08. The number of anilines is 1. The van der Waals surface area contributed by atoms with E-state index in [1.54, 1.807) is 6.20 Å². The molecule has 0 spiro atoms. The number of methoxy groups -OCH3 is 1. The standard InChI is InChI=1S/C10H10BrN5OS/c1-17-7-8(16-12)14-5-15-10(7)18-9-6(11)3-2-4-13-9/h2-5H,12H2,1H3,(H,14,15,16). The molecule has 2 aromatic rings. The fourth-order valence-corrected chi connectivity index (χ4v) is 2.59. The second-order valence-corrected chi connectivity index (χ2v) is 4.93. The van der Waals surface area contributed by atoms with Crippen molar-refractivity contribution in [3.8, 4) is 5.75 Å². The van der Waals surface area contributed by atoms with E-state index in [-0.39, 0.29) is 0 Å². The van der Waals surface area contributed by atoms with Gasteiger partial charge in [0.25, 0.3) is 0 Å². The van der Waals surface area contributed by atoms with Gasteiger partial charge in [-0.25, -0.2) is 20.8 Å². The number of nitrogens with one attached hydrogen (secondary N) is 1.